The number of nitrogens with one attached hydrogen (secondary N) is 3. The van der Waals surface area contributed by atoms with E-state index >= 15 is 0 Å². The number of aromatic nitrogens is 2. The maximum Gasteiger partial charge on any atom is 0.309 e. The second kappa shape index (κ2) is 12.1. The average molecular weight is 541 g/mol. The van der Waals surface area contributed by atoms with Crippen molar-refractivity contribution in [1.82, 2.24) is 15.3 Å². The number of hydrogen-bond donors (Lipinski definition) is 3. The highest BCUT2D eigenvalue weighted by Gasteiger charge is 2.23. The summed E-state index contributed by atoms with van der Waals surface area (Å²) in [6.07, 6.45) is 5.27. The number of allylic oxidation sites excluding steroid dienone is 1. The summed E-state index contributed by atoms with van der Waals surface area (Å²) in [4.78, 5) is 45.1. The second-order valence-corrected chi connectivity index (χ2v) is 9.45. The number of ether oxygens (including phenoxy) is 1. The largest absolute Gasteiger partial charge is 0.469 e. The third kappa shape index (κ3) is 6.99. The molecule has 3 N–H and O–H groups in total. The predicted molar refractivity (Wildman–Crippen MR) is 142 cm³/mol. The Morgan fingerprint density at radius 2 is 1.92 bits per heavy atom. The van der Waals surface area contributed by atoms with Crippen LogP contribution in [-0.2, 0) is 32.0 Å². The molecule has 0 spiro atoms. The Kier molecular flexibility index (Phi) is 8.63. The number of esters is 1. The molecule has 1 atom stereocenters. The van der Waals surface area contributed by atoms with Crippen LogP contribution < -0.4 is 10.6 Å². The molecule has 2 amide bonds. The minimum atomic E-state index is -0.472. The summed E-state index contributed by atoms with van der Waals surface area (Å²) in [6.45, 7) is 0. The van der Waals surface area contributed by atoms with Crippen molar-refractivity contribution in [1.29, 1.82) is 0 Å². The fraction of sp³-hybridized carbons (Fsp3) is 0.259. The molecule has 1 aromatic heterocycles. The van der Waals surface area contributed by atoms with Crippen LogP contribution in [0.1, 0.15) is 42.3 Å². The molecule has 37 heavy (non-hydrogen) atoms. The van der Waals surface area contributed by atoms with Gasteiger partial charge >= 0.3 is 5.97 Å². The first-order valence-corrected chi connectivity index (χ1v) is 12.5. The predicted octanol–water partition coefficient (Wildman–Crippen LogP) is 5.18. The van der Waals surface area contributed by atoms with E-state index in [1.807, 2.05) is 18.2 Å². The Labute approximate surface area is 224 Å². The van der Waals surface area contributed by atoms with Gasteiger partial charge in [0.05, 0.1) is 31.7 Å². The van der Waals surface area contributed by atoms with Gasteiger partial charge in [0.15, 0.2) is 0 Å². The molecule has 2 bridgehead atoms. The molecule has 4 rings (SSSR count). The number of rotatable bonds is 5. The molecule has 0 saturated carbocycles. The van der Waals surface area contributed by atoms with Crippen LogP contribution in [0.2, 0.25) is 10.2 Å². The molecule has 8 nitrogen and oxygen atoms in total. The zero-order valence-electron chi connectivity index (χ0n) is 20.1. The third-order valence-electron chi connectivity index (χ3n) is 5.86. The first-order valence-electron chi connectivity index (χ1n) is 11.8. The number of methoxy groups -OCH3 is 1. The van der Waals surface area contributed by atoms with Crippen LogP contribution in [-0.4, -0.2) is 34.9 Å². The Balaban J connectivity index is 1.66. The van der Waals surface area contributed by atoms with E-state index in [4.69, 9.17) is 32.9 Å². The number of fused-ring (bicyclic) bond motifs is 4. The monoisotopic (exact) mass is 540 g/mol. The van der Waals surface area contributed by atoms with Crippen molar-refractivity contribution in [2.75, 3.05) is 12.4 Å². The summed E-state index contributed by atoms with van der Waals surface area (Å²) in [5.74, 6) is -0.279. The lowest BCUT2D eigenvalue weighted by molar-refractivity contribution is -0.139. The lowest BCUT2D eigenvalue weighted by Crippen LogP contribution is -2.30. The molecule has 0 fully saturated rings. The highest BCUT2D eigenvalue weighted by Crippen LogP contribution is 2.34. The van der Waals surface area contributed by atoms with Crippen molar-refractivity contribution in [3.63, 3.8) is 0 Å². The third-order valence-corrected chi connectivity index (χ3v) is 6.37. The topological polar surface area (TPSA) is 113 Å². The van der Waals surface area contributed by atoms with E-state index in [1.54, 1.807) is 36.4 Å². The minimum absolute atomic E-state index is 0.0582. The Bertz CT molecular complexity index is 1350. The molecule has 10 heteroatoms. The van der Waals surface area contributed by atoms with Crippen molar-refractivity contribution in [3.8, 4) is 11.3 Å². The van der Waals surface area contributed by atoms with Gasteiger partial charge < -0.3 is 20.4 Å². The number of imidazole rings is 1. The molecular weight excluding hydrogens is 515 g/mol. The van der Waals surface area contributed by atoms with Gasteiger partial charge in [0.1, 0.15) is 16.7 Å². The first kappa shape index (κ1) is 26.4. The molecule has 2 heterocycles. The molecule has 2 aromatic carbocycles. The normalized spacial score (nSPS) is 16.3. The number of benzene rings is 2. The molecule has 0 saturated heterocycles. The van der Waals surface area contributed by atoms with Crippen LogP contribution in [0.4, 0.5) is 5.69 Å². The smallest absolute Gasteiger partial charge is 0.309 e. The number of aromatic amines is 1. The number of hydrogen-bond acceptors (Lipinski definition) is 5. The molecule has 0 radical (unpaired) electrons. The van der Waals surface area contributed by atoms with Crippen molar-refractivity contribution in [2.45, 2.75) is 38.1 Å². The molecule has 3 aromatic rings. The maximum absolute atomic E-state index is 12.9. The van der Waals surface area contributed by atoms with Crippen LogP contribution >= 0.6 is 23.2 Å². The fourth-order valence-electron chi connectivity index (χ4n) is 4.06. The van der Waals surface area contributed by atoms with Crippen LogP contribution in [0, 0.1) is 0 Å². The van der Waals surface area contributed by atoms with E-state index in [-0.39, 0.29) is 36.2 Å². The summed E-state index contributed by atoms with van der Waals surface area (Å²) in [5, 5.41) is 6.77. The number of carbonyl (C=O) groups excluding carboxylic acids is 3. The van der Waals surface area contributed by atoms with Crippen LogP contribution in [0.3, 0.4) is 0 Å². The van der Waals surface area contributed by atoms with E-state index in [1.165, 1.54) is 7.11 Å². The van der Waals surface area contributed by atoms with Gasteiger partial charge in [-0.3, -0.25) is 14.4 Å². The zero-order chi connectivity index (χ0) is 26.4. The SMILES string of the molecule is COC(=O)Cc1ccc2c(c1)NC(=O)CC/C=C/C[C@H](NC(=O)Cc1cccc(Cl)c1)c1nc-2c(Cl)[nH]1. The summed E-state index contributed by atoms with van der Waals surface area (Å²) >= 11 is 12.6. The Hall–Kier alpha value is -3.62. The van der Waals surface area contributed by atoms with E-state index in [0.29, 0.717) is 46.2 Å². The molecule has 1 aliphatic heterocycles. The van der Waals surface area contributed by atoms with E-state index in [9.17, 15) is 14.4 Å². The molecule has 192 valence electrons. The first-order chi connectivity index (χ1) is 17.8. The summed E-state index contributed by atoms with van der Waals surface area (Å²) in [6, 6.07) is 11.9. The van der Waals surface area contributed by atoms with Gasteiger partial charge in [-0.25, -0.2) is 4.98 Å². The van der Waals surface area contributed by atoms with Crippen molar-refractivity contribution >= 4 is 46.7 Å². The van der Waals surface area contributed by atoms with Gasteiger partial charge in [0.2, 0.25) is 11.8 Å². The fourth-order valence-corrected chi connectivity index (χ4v) is 4.51. The van der Waals surface area contributed by atoms with Gasteiger partial charge in [-0.15, -0.1) is 0 Å². The van der Waals surface area contributed by atoms with Gasteiger partial charge in [-0.2, -0.15) is 0 Å². The number of halogens is 2. The summed E-state index contributed by atoms with van der Waals surface area (Å²) in [7, 11) is 1.32. The van der Waals surface area contributed by atoms with E-state index < -0.39 is 12.0 Å². The lowest BCUT2D eigenvalue weighted by Gasteiger charge is -2.15. The maximum atomic E-state index is 12.9. The quantitative estimate of drug-likeness (QED) is 0.305. The number of anilines is 1. The average Bonchev–Trinajstić information content (AvgIpc) is 3.24. The molecular formula is C27H26Cl2N4O4. The Morgan fingerprint density at radius 1 is 1.11 bits per heavy atom. The van der Waals surface area contributed by atoms with Gasteiger partial charge in [-0.05, 0) is 42.2 Å². The van der Waals surface area contributed by atoms with Crippen LogP contribution in [0.15, 0.2) is 54.6 Å². The number of amides is 2. The lowest BCUT2D eigenvalue weighted by atomic mass is 10.0. The molecule has 0 aliphatic carbocycles. The Morgan fingerprint density at radius 3 is 2.70 bits per heavy atom. The van der Waals surface area contributed by atoms with E-state index in [2.05, 4.69) is 15.6 Å². The van der Waals surface area contributed by atoms with Gasteiger partial charge in [0.25, 0.3) is 0 Å². The summed E-state index contributed by atoms with van der Waals surface area (Å²) in [5.41, 5.74) is 2.97. The number of H-pyrrole nitrogens is 1. The van der Waals surface area contributed by atoms with Gasteiger partial charge in [-0.1, -0.05) is 59.6 Å². The minimum Gasteiger partial charge on any atom is -0.469 e. The number of nitrogens with zero attached hydrogens (tertiary/aromatic N) is 1. The van der Waals surface area contributed by atoms with Crippen molar-refractivity contribution in [3.05, 3.63) is 81.7 Å². The van der Waals surface area contributed by atoms with E-state index in [0.717, 1.165) is 5.56 Å². The molecule has 0 unspecified atom stereocenters. The standard InChI is InChI=1S/C27H26Cl2N4O4/c1-37-24(36)15-17-10-11-19-21(13-17)31-22(34)9-4-2-3-8-20(27-32-25(19)26(29)33-27)30-23(35)14-16-6-5-7-18(28)12-16/h2-3,5-7,10-13,20H,4,8-9,14-15H2,1H3,(H,30,35)(H,31,34)(H,32,33)/b3-2+/t20-/m0/s1. The van der Waals surface area contributed by atoms with Crippen molar-refractivity contribution < 1.29 is 19.1 Å². The summed E-state index contributed by atoms with van der Waals surface area (Å²) < 4.78 is 4.76. The highest BCUT2D eigenvalue weighted by molar-refractivity contribution is 6.32. The van der Waals surface area contributed by atoms with Gasteiger partial charge in [0, 0.05) is 17.0 Å². The zero-order valence-corrected chi connectivity index (χ0v) is 21.7. The highest BCUT2D eigenvalue weighted by atomic mass is 35.5. The number of carbonyl (C=O) groups is 3. The molecule has 1 aliphatic rings. The second-order valence-electron chi connectivity index (χ2n) is 8.64. The van der Waals surface area contributed by atoms with Crippen LogP contribution in [0.5, 0.6) is 0 Å². The van der Waals surface area contributed by atoms with Crippen LogP contribution in [0.25, 0.3) is 11.3 Å². The van der Waals surface area contributed by atoms with Crippen molar-refractivity contribution in [2.24, 2.45) is 0 Å².